The first kappa shape index (κ1) is 24.0. The number of aryl methyl sites for hydroxylation is 2. The van der Waals surface area contributed by atoms with E-state index in [4.69, 9.17) is 11.6 Å². The lowest BCUT2D eigenvalue weighted by Crippen LogP contribution is -2.26. The molecule has 34 heavy (non-hydrogen) atoms. The third-order valence-corrected chi connectivity index (χ3v) is 6.64. The third kappa shape index (κ3) is 6.72. The van der Waals surface area contributed by atoms with Gasteiger partial charge in [-0.15, -0.1) is 10.2 Å². The maximum absolute atomic E-state index is 12.5. The number of benzene rings is 3. The quantitative estimate of drug-likeness (QED) is 0.285. The lowest BCUT2D eigenvalue weighted by Gasteiger charge is -2.11. The number of halogens is 1. The molecule has 0 saturated heterocycles. The van der Waals surface area contributed by atoms with Gasteiger partial charge in [0.25, 0.3) is 0 Å². The summed E-state index contributed by atoms with van der Waals surface area (Å²) in [5.74, 6) is 1.55. The summed E-state index contributed by atoms with van der Waals surface area (Å²) in [4.78, 5) is 12.5. The Morgan fingerprint density at radius 1 is 0.941 bits per heavy atom. The van der Waals surface area contributed by atoms with Gasteiger partial charge in [0.2, 0.25) is 5.91 Å². The van der Waals surface area contributed by atoms with Crippen molar-refractivity contribution in [3.63, 3.8) is 0 Å². The van der Waals surface area contributed by atoms with Gasteiger partial charge in [0.05, 0.1) is 0 Å². The maximum Gasteiger partial charge on any atom is 0.220 e. The number of nitrogens with zero attached hydrogens (tertiary/aromatic N) is 3. The number of rotatable bonds is 10. The number of hydrogen-bond acceptors (Lipinski definition) is 4. The molecule has 0 aliphatic rings. The van der Waals surface area contributed by atoms with E-state index in [9.17, 15) is 4.79 Å². The Morgan fingerprint density at radius 3 is 2.47 bits per heavy atom. The van der Waals surface area contributed by atoms with E-state index in [0.717, 1.165) is 28.8 Å². The van der Waals surface area contributed by atoms with Gasteiger partial charge in [-0.2, -0.15) is 0 Å². The standard InChI is InChI=1S/C27H27ClN4OS/c1-20-6-5-9-22(18-20)19-34-27-31-30-25(32(27)24-12-10-23(28)11-13-24)14-15-26(33)29-17-16-21-7-3-2-4-8-21/h2-13,18H,14-17,19H2,1H3,(H,29,33). The van der Waals surface area contributed by atoms with Gasteiger partial charge in [-0.1, -0.05) is 83.5 Å². The average Bonchev–Trinajstić information content (AvgIpc) is 3.25. The van der Waals surface area contributed by atoms with Crippen LogP contribution in [0.5, 0.6) is 0 Å². The molecule has 1 N–H and O–H groups in total. The summed E-state index contributed by atoms with van der Waals surface area (Å²) in [6.07, 6.45) is 1.66. The van der Waals surface area contributed by atoms with Gasteiger partial charge in [0, 0.05) is 35.8 Å². The minimum atomic E-state index is 0.00977. The van der Waals surface area contributed by atoms with E-state index >= 15 is 0 Å². The summed E-state index contributed by atoms with van der Waals surface area (Å²) in [7, 11) is 0. The molecule has 0 saturated carbocycles. The molecule has 1 amide bonds. The molecule has 4 rings (SSSR count). The van der Waals surface area contributed by atoms with Crippen molar-refractivity contribution < 1.29 is 4.79 Å². The zero-order valence-electron chi connectivity index (χ0n) is 19.1. The van der Waals surface area contributed by atoms with Crippen LogP contribution in [0.2, 0.25) is 5.02 Å². The van der Waals surface area contributed by atoms with Crippen molar-refractivity contribution in [1.29, 1.82) is 0 Å². The molecule has 5 nitrogen and oxygen atoms in total. The normalized spacial score (nSPS) is 10.9. The Balaban J connectivity index is 1.42. The van der Waals surface area contributed by atoms with Crippen LogP contribution in [0.3, 0.4) is 0 Å². The highest BCUT2D eigenvalue weighted by molar-refractivity contribution is 7.98. The van der Waals surface area contributed by atoms with E-state index in [1.54, 1.807) is 11.8 Å². The largest absolute Gasteiger partial charge is 0.356 e. The predicted octanol–water partition coefficient (Wildman–Crippen LogP) is 5.81. The molecule has 0 spiro atoms. The highest BCUT2D eigenvalue weighted by atomic mass is 35.5. The Labute approximate surface area is 209 Å². The first-order valence-corrected chi connectivity index (χ1v) is 12.6. The molecule has 0 unspecified atom stereocenters. The molecule has 0 atom stereocenters. The van der Waals surface area contributed by atoms with Gasteiger partial charge in [-0.05, 0) is 48.7 Å². The van der Waals surface area contributed by atoms with Gasteiger partial charge in [-0.3, -0.25) is 9.36 Å². The highest BCUT2D eigenvalue weighted by Crippen LogP contribution is 2.27. The lowest BCUT2D eigenvalue weighted by atomic mass is 10.1. The summed E-state index contributed by atoms with van der Waals surface area (Å²) < 4.78 is 2.02. The van der Waals surface area contributed by atoms with E-state index in [0.29, 0.717) is 24.4 Å². The second kappa shape index (κ2) is 11.9. The van der Waals surface area contributed by atoms with Gasteiger partial charge in [0.1, 0.15) is 5.82 Å². The van der Waals surface area contributed by atoms with Crippen molar-refractivity contribution in [1.82, 2.24) is 20.1 Å². The third-order valence-electron chi connectivity index (χ3n) is 5.39. The fraction of sp³-hybridized carbons (Fsp3) is 0.222. The fourth-order valence-electron chi connectivity index (χ4n) is 3.66. The summed E-state index contributed by atoms with van der Waals surface area (Å²) in [6.45, 7) is 2.71. The molecule has 1 heterocycles. The van der Waals surface area contributed by atoms with Gasteiger partial charge in [-0.25, -0.2) is 0 Å². The molecule has 7 heteroatoms. The molecular weight excluding hydrogens is 464 g/mol. The Bertz CT molecular complexity index is 1230. The molecule has 174 valence electrons. The molecule has 4 aromatic rings. The van der Waals surface area contributed by atoms with Crippen LogP contribution in [0.4, 0.5) is 0 Å². The molecular formula is C27H27ClN4OS. The average molecular weight is 491 g/mol. The molecule has 0 radical (unpaired) electrons. The minimum absolute atomic E-state index is 0.00977. The van der Waals surface area contributed by atoms with Crippen LogP contribution in [-0.2, 0) is 23.4 Å². The topological polar surface area (TPSA) is 59.8 Å². The highest BCUT2D eigenvalue weighted by Gasteiger charge is 2.16. The number of thioether (sulfide) groups is 1. The lowest BCUT2D eigenvalue weighted by molar-refractivity contribution is -0.121. The predicted molar refractivity (Wildman–Crippen MR) is 139 cm³/mol. The zero-order valence-corrected chi connectivity index (χ0v) is 20.6. The zero-order chi connectivity index (χ0) is 23.8. The van der Waals surface area contributed by atoms with E-state index in [1.807, 2.05) is 47.0 Å². The van der Waals surface area contributed by atoms with Crippen molar-refractivity contribution in [2.45, 2.75) is 37.1 Å². The van der Waals surface area contributed by atoms with Crippen molar-refractivity contribution in [3.05, 3.63) is 106 Å². The Morgan fingerprint density at radius 2 is 1.71 bits per heavy atom. The van der Waals surface area contributed by atoms with Crippen molar-refractivity contribution >= 4 is 29.3 Å². The van der Waals surface area contributed by atoms with Crippen LogP contribution in [-0.4, -0.2) is 27.2 Å². The van der Waals surface area contributed by atoms with Crippen LogP contribution in [0.15, 0.2) is 84.0 Å². The van der Waals surface area contributed by atoms with Gasteiger partial charge >= 0.3 is 0 Å². The SMILES string of the molecule is Cc1cccc(CSc2nnc(CCC(=O)NCCc3ccccc3)n2-c2ccc(Cl)cc2)c1. The Hall–Kier alpha value is -3.09. The number of hydrogen-bond donors (Lipinski definition) is 1. The number of aromatic nitrogens is 3. The number of carbonyl (C=O) groups excluding carboxylic acids is 1. The first-order chi connectivity index (χ1) is 16.6. The van der Waals surface area contributed by atoms with E-state index in [2.05, 4.69) is 58.8 Å². The van der Waals surface area contributed by atoms with Crippen LogP contribution in [0, 0.1) is 6.92 Å². The van der Waals surface area contributed by atoms with Crippen molar-refractivity contribution in [3.8, 4) is 5.69 Å². The van der Waals surface area contributed by atoms with Crippen LogP contribution in [0.1, 0.15) is 28.9 Å². The van der Waals surface area contributed by atoms with Crippen LogP contribution >= 0.6 is 23.4 Å². The molecule has 0 fully saturated rings. The molecule has 0 aliphatic carbocycles. The number of carbonyl (C=O) groups is 1. The van der Waals surface area contributed by atoms with Crippen LogP contribution < -0.4 is 5.32 Å². The van der Waals surface area contributed by atoms with E-state index < -0.39 is 0 Å². The second-order valence-corrected chi connectivity index (χ2v) is 9.45. The second-order valence-electron chi connectivity index (χ2n) is 8.07. The summed E-state index contributed by atoms with van der Waals surface area (Å²) in [5.41, 5.74) is 4.60. The van der Waals surface area contributed by atoms with E-state index in [1.165, 1.54) is 16.7 Å². The first-order valence-electron chi connectivity index (χ1n) is 11.3. The number of nitrogens with one attached hydrogen (secondary N) is 1. The Kier molecular flexibility index (Phi) is 8.39. The maximum atomic E-state index is 12.5. The van der Waals surface area contributed by atoms with Gasteiger partial charge in [0.15, 0.2) is 5.16 Å². The van der Waals surface area contributed by atoms with Gasteiger partial charge < -0.3 is 5.32 Å². The molecule has 0 bridgehead atoms. The smallest absolute Gasteiger partial charge is 0.220 e. The summed E-state index contributed by atoms with van der Waals surface area (Å²) in [6, 6.07) is 26.2. The summed E-state index contributed by atoms with van der Waals surface area (Å²) in [5, 5.41) is 13.3. The monoisotopic (exact) mass is 490 g/mol. The molecule has 0 aliphatic heterocycles. The van der Waals surface area contributed by atoms with E-state index in [-0.39, 0.29) is 5.91 Å². The van der Waals surface area contributed by atoms with Crippen molar-refractivity contribution in [2.75, 3.05) is 6.54 Å². The molecule has 3 aromatic carbocycles. The summed E-state index contributed by atoms with van der Waals surface area (Å²) >= 11 is 7.74. The minimum Gasteiger partial charge on any atom is -0.356 e. The fourth-order valence-corrected chi connectivity index (χ4v) is 4.70. The molecule has 1 aromatic heterocycles. The van der Waals surface area contributed by atoms with Crippen molar-refractivity contribution in [2.24, 2.45) is 0 Å². The number of amides is 1. The van der Waals surface area contributed by atoms with Crippen LogP contribution in [0.25, 0.3) is 5.69 Å².